The van der Waals surface area contributed by atoms with Crippen LogP contribution < -0.4 is 10.6 Å². The Labute approximate surface area is 213 Å². The van der Waals surface area contributed by atoms with Crippen LogP contribution in [0.2, 0.25) is 0 Å². The highest BCUT2D eigenvalue weighted by Gasteiger charge is 2.35. The highest BCUT2D eigenvalue weighted by molar-refractivity contribution is 5.97. The number of hydrogen-bond donors (Lipinski definition) is 2. The molecule has 1 unspecified atom stereocenters. The van der Waals surface area contributed by atoms with Gasteiger partial charge in [-0.25, -0.2) is 0 Å². The number of piperazine rings is 2. The first-order valence-electron chi connectivity index (χ1n) is 12.8. The van der Waals surface area contributed by atoms with Gasteiger partial charge in [0.2, 0.25) is 17.7 Å². The lowest BCUT2D eigenvalue weighted by Gasteiger charge is -2.38. The van der Waals surface area contributed by atoms with Crippen LogP contribution in [0.4, 0.5) is 5.69 Å². The van der Waals surface area contributed by atoms with E-state index in [4.69, 9.17) is 0 Å². The fraction of sp³-hybridized carbons (Fsp3) is 0.464. The van der Waals surface area contributed by atoms with Crippen LogP contribution in [0.15, 0.2) is 54.6 Å². The van der Waals surface area contributed by atoms with Gasteiger partial charge in [0, 0.05) is 51.5 Å². The molecule has 0 bridgehead atoms. The number of anilines is 1. The molecule has 0 radical (unpaired) electrons. The van der Waals surface area contributed by atoms with E-state index in [-0.39, 0.29) is 30.7 Å². The monoisotopic (exact) mass is 491 g/mol. The number of amides is 3. The van der Waals surface area contributed by atoms with Crippen molar-refractivity contribution < 1.29 is 14.4 Å². The molecular formula is C28H37N5O3. The summed E-state index contributed by atoms with van der Waals surface area (Å²) in [6, 6.07) is 17.3. The SMILES string of the molecule is CC(C)c1ccc(NC(=O)CC2C(=O)NCCN2C(=O)CN2CCN(Cc3ccccc3)CC2)cc1. The van der Waals surface area contributed by atoms with Crippen molar-refractivity contribution in [3.05, 3.63) is 65.7 Å². The molecule has 36 heavy (non-hydrogen) atoms. The summed E-state index contributed by atoms with van der Waals surface area (Å²) in [6.45, 7) is 9.62. The lowest BCUT2D eigenvalue weighted by atomic mass is 10.0. The van der Waals surface area contributed by atoms with Gasteiger partial charge in [0.1, 0.15) is 6.04 Å². The Morgan fingerprint density at radius 3 is 2.28 bits per heavy atom. The molecule has 2 aromatic rings. The molecule has 4 rings (SSSR count). The summed E-state index contributed by atoms with van der Waals surface area (Å²) in [5.41, 5.74) is 3.17. The zero-order chi connectivity index (χ0) is 25.5. The Balaban J connectivity index is 1.28. The molecule has 2 aromatic carbocycles. The predicted octanol–water partition coefficient (Wildman–Crippen LogP) is 2.28. The van der Waals surface area contributed by atoms with Gasteiger partial charge in [-0.2, -0.15) is 0 Å². The zero-order valence-electron chi connectivity index (χ0n) is 21.3. The first kappa shape index (κ1) is 25.9. The molecule has 2 N–H and O–H groups in total. The van der Waals surface area contributed by atoms with Gasteiger partial charge in [0.25, 0.3) is 0 Å². The first-order valence-corrected chi connectivity index (χ1v) is 12.8. The largest absolute Gasteiger partial charge is 0.353 e. The second-order valence-electron chi connectivity index (χ2n) is 9.96. The zero-order valence-corrected chi connectivity index (χ0v) is 21.3. The Hall–Kier alpha value is -3.23. The average molecular weight is 492 g/mol. The maximum absolute atomic E-state index is 13.2. The minimum Gasteiger partial charge on any atom is -0.353 e. The Bertz CT molecular complexity index is 1030. The number of nitrogens with zero attached hydrogens (tertiary/aromatic N) is 3. The smallest absolute Gasteiger partial charge is 0.243 e. The second-order valence-corrected chi connectivity index (χ2v) is 9.96. The molecule has 1 atom stereocenters. The molecule has 8 nitrogen and oxygen atoms in total. The molecule has 2 aliphatic heterocycles. The van der Waals surface area contributed by atoms with Crippen molar-refractivity contribution in [2.24, 2.45) is 0 Å². The Kier molecular flexibility index (Phi) is 8.72. The van der Waals surface area contributed by atoms with E-state index >= 15 is 0 Å². The van der Waals surface area contributed by atoms with E-state index in [2.05, 4.69) is 58.5 Å². The molecule has 2 aliphatic rings. The molecule has 2 heterocycles. The van der Waals surface area contributed by atoms with Gasteiger partial charge in [-0.05, 0) is 29.2 Å². The number of benzene rings is 2. The summed E-state index contributed by atoms with van der Waals surface area (Å²) in [6.07, 6.45) is -0.0612. The van der Waals surface area contributed by atoms with Crippen molar-refractivity contribution in [3.8, 4) is 0 Å². The molecule has 0 aliphatic carbocycles. The molecule has 2 fully saturated rings. The van der Waals surface area contributed by atoms with Crippen LogP contribution >= 0.6 is 0 Å². The molecule has 2 saturated heterocycles. The quantitative estimate of drug-likeness (QED) is 0.592. The Morgan fingerprint density at radius 1 is 0.944 bits per heavy atom. The van der Waals surface area contributed by atoms with Crippen LogP contribution in [-0.4, -0.2) is 84.3 Å². The van der Waals surface area contributed by atoms with Gasteiger partial charge in [0.15, 0.2) is 0 Å². The topological polar surface area (TPSA) is 85.0 Å². The van der Waals surface area contributed by atoms with Crippen LogP contribution in [0.1, 0.15) is 37.3 Å². The number of hydrogen-bond acceptors (Lipinski definition) is 5. The van der Waals surface area contributed by atoms with E-state index in [1.165, 1.54) is 11.1 Å². The van der Waals surface area contributed by atoms with Gasteiger partial charge in [-0.15, -0.1) is 0 Å². The van der Waals surface area contributed by atoms with Gasteiger partial charge < -0.3 is 15.5 Å². The maximum atomic E-state index is 13.2. The van der Waals surface area contributed by atoms with E-state index < -0.39 is 6.04 Å². The molecule has 8 heteroatoms. The summed E-state index contributed by atoms with van der Waals surface area (Å²) in [4.78, 5) is 44.7. The number of carbonyl (C=O) groups is 3. The summed E-state index contributed by atoms with van der Waals surface area (Å²) < 4.78 is 0. The third-order valence-electron chi connectivity index (χ3n) is 6.96. The van der Waals surface area contributed by atoms with Crippen molar-refractivity contribution in [2.45, 2.75) is 38.8 Å². The van der Waals surface area contributed by atoms with E-state index in [0.717, 1.165) is 32.7 Å². The lowest BCUT2D eigenvalue weighted by molar-refractivity contribution is -0.145. The average Bonchev–Trinajstić information content (AvgIpc) is 2.87. The van der Waals surface area contributed by atoms with Gasteiger partial charge >= 0.3 is 0 Å². The first-order chi connectivity index (χ1) is 17.4. The number of rotatable bonds is 8. The molecule has 192 valence electrons. The minimum atomic E-state index is -0.791. The summed E-state index contributed by atoms with van der Waals surface area (Å²) >= 11 is 0. The van der Waals surface area contributed by atoms with E-state index in [1.807, 2.05) is 30.3 Å². The molecule has 3 amide bonds. The Morgan fingerprint density at radius 2 is 1.61 bits per heavy atom. The lowest BCUT2D eigenvalue weighted by Crippen LogP contribution is -2.60. The number of carbonyl (C=O) groups excluding carboxylic acids is 3. The van der Waals surface area contributed by atoms with Crippen molar-refractivity contribution in [3.63, 3.8) is 0 Å². The molecule has 0 saturated carbocycles. The van der Waals surface area contributed by atoms with E-state index in [0.29, 0.717) is 24.7 Å². The fourth-order valence-electron chi connectivity index (χ4n) is 4.78. The molecular weight excluding hydrogens is 454 g/mol. The van der Waals surface area contributed by atoms with Gasteiger partial charge in [-0.1, -0.05) is 56.3 Å². The molecule has 0 spiro atoms. The summed E-state index contributed by atoms with van der Waals surface area (Å²) in [5.74, 6) is -0.234. The maximum Gasteiger partial charge on any atom is 0.243 e. The van der Waals surface area contributed by atoms with Crippen molar-refractivity contribution in [1.82, 2.24) is 20.0 Å². The van der Waals surface area contributed by atoms with E-state index in [1.54, 1.807) is 4.90 Å². The normalized spacial score (nSPS) is 19.2. The second kappa shape index (κ2) is 12.1. The highest BCUT2D eigenvalue weighted by atomic mass is 16.2. The van der Waals surface area contributed by atoms with Crippen LogP contribution in [0.3, 0.4) is 0 Å². The molecule has 0 aromatic heterocycles. The van der Waals surface area contributed by atoms with Crippen molar-refractivity contribution in [1.29, 1.82) is 0 Å². The van der Waals surface area contributed by atoms with Gasteiger partial charge in [-0.3, -0.25) is 24.2 Å². The minimum absolute atomic E-state index is 0.0612. The number of nitrogens with one attached hydrogen (secondary N) is 2. The highest BCUT2D eigenvalue weighted by Crippen LogP contribution is 2.18. The van der Waals surface area contributed by atoms with E-state index in [9.17, 15) is 14.4 Å². The van der Waals surface area contributed by atoms with Crippen LogP contribution in [0.5, 0.6) is 0 Å². The predicted molar refractivity (Wildman–Crippen MR) is 140 cm³/mol. The summed E-state index contributed by atoms with van der Waals surface area (Å²) in [7, 11) is 0. The summed E-state index contributed by atoms with van der Waals surface area (Å²) in [5, 5.41) is 5.67. The van der Waals surface area contributed by atoms with Crippen molar-refractivity contribution >= 4 is 23.4 Å². The third-order valence-corrected chi connectivity index (χ3v) is 6.96. The van der Waals surface area contributed by atoms with Gasteiger partial charge in [0.05, 0.1) is 13.0 Å². The third kappa shape index (κ3) is 6.92. The standard InChI is InChI=1S/C28H37N5O3/c1-21(2)23-8-10-24(11-9-23)30-26(34)18-25-28(36)29-12-13-33(25)27(35)20-32-16-14-31(15-17-32)19-22-6-4-3-5-7-22/h3-11,21,25H,12-20H2,1-2H3,(H,29,36)(H,30,34). The van der Waals surface area contributed by atoms with Crippen LogP contribution in [-0.2, 0) is 20.9 Å². The fourth-order valence-corrected chi connectivity index (χ4v) is 4.78. The van der Waals surface area contributed by atoms with Crippen molar-refractivity contribution in [2.75, 3.05) is 51.1 Å². The van der Waals surface area contributed by atoms with Crippen LogP contribution in [0.25, 0.3) is 0 Å². The van der Waals surface area contributed by atoms with Crippen LogP contribution in [0, 0.1) is 0 Å².